The Bertz CT molecular complexity index is 867. The van der Waals surface area contributed by atoms with E-state index in [4.69, 9.17) is 16.3 Å². The molecule has 0 aliphatic carbocycles. The van der Waals surface area contributed by atoms with Crippen molar-refractivity contribution in [3.8, 4) is 5.75 Å². The van der Waals surface area contributed by atoms with Crippen LogP contribution in [-0.2, 0) is 16.0 Å². The summed E-state index contributed by atoms with van der Waals surface area (Å²) < 4.78 is 5.81. The van der Waals surface area contributed by atoms with E-state index in [1.807, 2.05) is 24.3 Å². The van der Waals surface area contributed by atoms with E-state index < -0.39 is 11.5 Å². The smallest absolute Gasteiger partial charge is 0.280 e. The van der Waals surface area contributed by atoms with Gasteiger partial charge in [-0.1, -0.05) is 29.8 Å². The number of para-hydroxylation sites is 1. The Balaban J connectivity index is 1.70. The number of nitrogens with zero attached hydrogens (tertiary/aromatic N) is 1. The molecule has 4 rings (SSSR count). The van der Waals surface area contributed by atoms with Gasteiger partial charge in [-0.3, -0.25) is 9.59 Å². The number of anilines is 2. The lowest BCUT2D eigenvalue weighted by atomic mass is 10.0. The average Bonchev–Trinajstić information content (AvgIpc) is 2.99. The third kappa shape index (κ3) is 2.16. The Morgan fingerprint density at radius 3 is 2.92 bits per heavy atom. The summed E-state index contributed by atoms with van der Waals surface area (Å²) in [6.07, 6.45) is 0.770. The van der Waals surface area contributed by atoms with Gasteiger partial charge in [-0.05, 0) is 43.2 Å². The van der Waals surface area contributed by atoms with Crippen molar-refractivity contribution in [3.63, 3.8) is 0 Å². The lowest BCUT2D eigenvalue weighted by Gasteiger charge is -2.36. The van der Waals surface area contributed by atoms with E-state index in [0.29, 0.717) is 23.0 Å². The molecular formula is C18H15ClN2O3. The van der Waals surface area contributed by atoms with Crippen LogP contribution < -0.4 is 15.0 Å². The molecule has 6 heteroatoms. The Kier molecular flexibility index (Phi) is 3.28. The third-order valence-corrected chi connectivity index (χ3v) is 4.71. The maximum atomic E-state index is 13.1. The molecule has 0 radical (unpaired) electrons. The second-order valence-electron chi connectivity index (χ2n) is 6.07. The van der Waals surface area contributed by atoms with Crippen molar-refractivity contribution < 1.29 is 14.3 Å². The highest BCUT2D eigenvalue weighted by molar-refractivity contribution is 6.31. The zero-order valence-electron chi connectivity index (χ0n) is 13.0. The van der Waals surface area contributed by atoms with E-state index in [2.05, 4.69) is 5.32 Å². The normalized spacial score (nSPS) is 21.6. The van der Waals surface area contributed by atoms with Gasteiger partial charge in [0, 0.05) is 17.3 Å². The summed E-state index contributed by atoms with van der Waals surface area (Å²) >= 11 is 5.94. The number of ether oxygens (including phenoxy) is 1. The number of rotatable bonds is 1. The summed E-state index contributed by atoms with van der Waals surface area (Å²) in [7, 11) is 0. The van der Waals surface area contributed by atoms with Crippen LogP contribution in [0.4, 0.5) is 11.4 Å². The highest BCUT2D eigenvalue weighted by Crippen LogP contribution is 2.38. The fourth-order valence-electron chi connectivity index (χ4n) is 3.14. The van der Waals surface area contributed by atoms with Crippen molar-refractivity contribution in [3.05, 3.63) is 53.1 Å². The van der Waals surface area contributed by atoms with Crippen molar-refractivity contribution in [2.75, 3.05) is 16.8 Å². The van der Waals surface area contributed by atoms with Gasteiger partial charge in [-0.25, -0.2) is 0 Å². The monoisotopic (exact) mass is 342 g/mol. The van der Waals surface area contributed by atoms with Gasteiger partial charge in [0.05, 0.1) is 5.69 Å². The molecule has 24 heavy (non-hydrogen) atoms. The number of hydrogen-bond donors (Lipinski definition) is 1. The van der Waals surface area contributed by atoms with Crippen LogP contribution in [0, 0.1) is 0 Å². The minimum atomic E-state index is -1.61. The van der Waals surface area contributed by atoms with Crippen LogP contribution in [-0.4, -0.2) is 24.0 Å². The Hall–Kier alpha value is -2.53. The molecule has 0 unspecified atom stereocenters. The fraction of sp³-hybridized carbons (Fsp3) is 0.222. The molecule has 0 spiro atoms. The molecule has 5 nitrogen and oxygen atoms in total. The highest BCUT2D eigenvalue weighted by Gasteiger charge is 2.50. The van der Waals surface area contributed by atoms with Crippen LogP contribution in [0.2, 0.25) is 5.02 Å². The minimum Gasteiger partial charge on any atom is -0.465 e. The van der Waals surface area contributed by atoms with Crippen LogP contribution in [0.3, 0.4) is 0 Å². The van der Waals surface area contributed by atoms with Gasteiger partial charge in [-0.2, -0.15) is 0 Å². The van der Waals surface area contributed by atoms with Gasteiger partial charge in [0.15, 0.2) is 0 Å². The Labute approximate surface area is 144 Å². The van der Waals surface area contributed by atoms with Crippen molar-refractivity contribution in [1.29, 1.82) is 0 Å². The molecule has 0 bridgehead atoms. The number of benzene rings is 2. The van der Waals surface area contributed by atoms with Crippen molar-refractivity contribution in [1.82, 2.24) is 0 Å². The van der Waals surface area contributed by atoms with Gasteiger partial charge in [0.1, 0.15) is 5.75 Å². The summed E-state index contributed by atoms with van der Waals surface area (Å²) in [5.74, 6) is -0.431. The molecule has 0 aromatic heterocycles. The summed E-state index contributed by atoms with van der Waals surface area (Å²) in [4.78, 5) is 27.3. The first-order valence-corrected chi connectivity index (χ1v) is 8.07. The van der Waals surface area contributed by atoms with Crippen LogP contribution in [0.5, 0.6) is 5.75 Å². The molecular weight excluding hydrogens is 328 g/mol. The SMILES string of the molecule is C[C@]1(C(=O)N2CCc3ccccc32)Oc2ccc(Cl)cc2NC1=O. The minimum absolute atomic E-state index is 0.370. The van der Waals surface area contributed by atoms with Gasteiger partial charge >= 0.3 is 0 Å². The first-order chi connectivity index (χ1) is 11.5. The Morgan fingerprint density at radius 1 is 1.29 bits per heavy atom. The summed E-state index contributed by atoms with van der Waals surface area (Å²) in [5.41, 5.74) is 0.789. The standard InChI is InChI=1S/C18H15ClN2O3/c1-18(16(22)20-13-10-12(19)6-7-15(13)24-18)17(23)21-9-8-11-4-2-3-5-14(11)21/h2-7,10H,8-9H2,1H3,(H,20,22)/t18-/m0/s1. The first kappa shape index (κ1) is 15.0. The number of hydrogen-bond acceptors (Lipinski definition) is 3. The maximum absolute atomic E-state index is 13.1. The van der Waals surface area contributed by atoms with Crippen molar-refractivity contribution in [2.24, 2.45) is 0 Å². The van der Waals surface area contributed by atoms with Gasteiger partial charge in [0.25, 0.3) is 17.4 Å². The number of nitrogens with one attached hydrogen (secondary N) is 1. The van der Waals surface area contributed by atoms with E-state index in [9.17, 15) is 9.59 Å². The van der Waals surface area contributed by atoms with Gasteiger partial charge in [-0.15, -0.1) is 0 Å². The van der Waals surface area contributed by atoms with Crippen molar-refractivity contribution in [2.45, 2.75) is 18.9 Å². The number of fused-ring (bicyclic) bond motifs is 2. The summed E-state index contributed by atoms with van der Waals surface area (Å²) in [6.45, 7) is 2.04. The van der Waals surface area contributed by atoms with Crippen molar-refractivity contribution >= 4 is 34.8 Å². The fourth-order valence-corrected chi connectivity index (χ4v) is 3.32. The molecule has 0 saturated carbocycles. The van der Waals surface area contributed by atoms with Crippen LogP contribution >= 0.6 is 11.6 Å². The van der Waals surface area contributed by atoms with E-state index >= 15 is 0 Å². The van der Waals surface area contributed by atoms with Crippen LogP contribution in [0.25, 0.3) is 0 Å². The molecule has 2 heterocycles. The first-order valence-electron chi connectivity index (χ1n) is 7.69. The molecule has 2 aromatic carbocycles. The molecule has 2 aliphatic heterocycles. The summed E-state index contributed by atoms with van der Waals surface area (Å²) in [5, 5.41) is 3.21. The second kappa shape index (κ2) is 5.24. The molecule has 0 saturated heterocycles. The quantitative estimate of drug-likeness (QED) is 0.810. The second-order valence-corrected chi connectivity index (χ2v) is 6.50. The van der Waals surface area contributed by atoms with Crippen LogP contribution in [0.1, 0.15) is 12.5 Å². The van der Waals surface area contributed by atoms with Gasteiger partial charge in [0.2, 0.25) is 0 Å². The molecule has 1 N–H and O–H groups in total. The Morgan fingerprint density at radius 2 is 2.08 bits per heavy atom. The van der Waals surface area contributed by atoms with E-state index in [0.717, 1.165) is 17.7 Å². The molecule has 1 atom stereocenters. The topological polar surface area (TPSA) is 58.6 Å². The molecule has 2 aliphatic rings. The predicted molar refractivity (Wildman–Crippen MR) is 91.6 cm³/mol. The van der Waals surface area contributed by atoms with E-state index in [-0.39, 0.29) is 5.91 Å². The third-order valence-electron chi connectivity index (χ3n) is 4.48. The van der Waals surface area contributed by atoms with Gasteiger partial charge < -0.3 is 15.0 Å². The maximum Gasteiger partial charge on any atom is 0.280 e. The largest absolute Gasteiger partial charge is 0.465 e. The number of carbonyl (C=O) groups excluding carboxylic acids is 2. The molecule has 2 aromatic rings. The van der Waals surface area contributed by atoms with E-state index in [1.54, 1.807) is 23.1 Å². The molecule has 0 fully saturated rings. The van der Waals surface area contributed by atoms with E-state index in [1.165, 1.54) is 6.92 Å². The lowest BCUT2D eigenvalue weighted by Crippen LogP contribution is -2.59. The number of carbonyl (C=O) groups is 2. The zero-order chi connectivity index (χ0) is 16.9. The zero-order valence-corrected chi connectivity index (χ0v) is 13.8. The molecule has 2 amide bonds. The molecule has 122 valence electrons. The summed E-state index contributed by atoms with van der Waals surface area (Å²) in [6, 6.07) is 12.6. The average molecular weight is 343 g/mol. The van der Waals surface area contributed by atoms with Crippen LogP contribution in [0.15, 0.2) is 42.5 Å². The lowest BCUT2D eigenvalue weighted by molar-refractivity contribution is -0.144. The predicted octanol–water partition coefficient (Wildman–Crippen LogP) is 3.02. The highest BCUT2D eigenvalue weighted by atomic mass is 35.5. The number of halogens is 1. The number of amides is 2.